The Morgan fingerprint density at radius 2 is 1.86 bits per heavy atom. The Morgan fingerprint density at radius 1 is 1.10 bits per heavy atom. The van der Waals surface area contributed by atoms with Gasteiger partial charge < -0.3 is 10.2 Å². The molecule has 0 radical (unpaired) electrons. The molecule has 0 aliphatic carbocycles. The number of aromatic nitrogens is 1. The molecule has 29 heavy (non-hydrogen) atoms. The molecule has 148 valence electrons. The number of carbonyl (C=O) groups excluding carboxylic acids is 2. The van der Waals surface area contributed by atoms with Gasteiger partial charge in [-0.1, -0.05) is 30.3 Å². The van der Waals surface area contributed by atoms with Crippen molar-refractivity contribution in [2.45, 2.75) is 19.8 Å². The molecule has 0 bridgehead atoms. The monoisotopic (exact) mass is 405 g/mol. The van der Waals surface area contributed by atoms with Gasteiger partial charge >= 0.3 is 0 Å². The summed E-state index contributed by atoms with van der Waals surface area (Å²) >= 11 is 1.60. The van der Waals surface area contributed by atoms with Gasteiger partial charge in [0.2, 0.25) is 5.91 Å². The highest BCUT2D eigenvalue weighted by atomic mass is 32.1. The molecule has 1 unspecified atom stereocenters. The van der Waals surface area contributed by atoms with Gasteiger partial charge in [-0.25, -0.2) is 4.98 Å². The maximum atomic E-state index is 13.0. The first-order valence-electron chi connectivity index (χ1n) is 9.78. The minimum absolute atomic E-state index is 0.0240. The van der Waals surface area contributed by atoms with Crippen molar-refractivity contribution >= 4 is 28.8 Å². The Morgan fingerprint density at radius 3 is 2.55 bits per heavy atom. The zero-order valence-corrected chi connectivity index (χ0v) is 17.1. The number of anilines is 1. The highest BCUT2D eigenvalue weighted by Crippen LogP contribution is 2.25. The number of benzene rings is 2. The molecule has 0 saturated carbocycles. The lowest BCUT2D eigenvalue weighted by atomic mass is 9.96. The van der Waals surface area contributed by atoms with E-state index in [-0.39, 0.29) is 17.7 Å². The summed E-state index contributed by atoms with van der Waals surface area (Å²) in [5.41, 5.74) is 3.44. The number of thiazole rings is 1. The zero-order chi connectivity index (χ0) is 20.2. The van der Waals surface area contributed by atoms with Crippen molar-refractivity contribution in [1.29, 1.82) is 0 Å². The second-order valence-electron chi connectivity index (χ2n) is 7.32. The summed E-state index contributed by atoms with van der Waals surface area (Å²) in [6.07, 6.45) is 1.62. The number of likely N-dealkylation sites (tertiary alicyclic amines) is 1. The van der Waals surface area contributed by atoms with Gasteiger partial charge in [0.05, 0.1) is 5.92 Å². The van der Waals surface area contributed by atoms with Crippen LogP contribution in [0.5, 0.6) is 0 Å². The van der Waals surface area contributed by atoms with Crippen LogP contribution in [0.2, 0.25) is 0 Å². The van der Waals surface area contributed by atoms with Gasteiger partial charge in [-0.2, -0.15) is 0 Å². The molecule has 1 fully saturated rings. The maximum Gasteiger partial charge on any atom is 0.253 e. The Balaban J connectivity index is 1.41. The highest BCUT2D eigenvalue weighted by Gasteiger charge is 2.29. The fourth-order valence-corrected chi connectivity index (χ4v) is 4.37. The van der Waals surface area contributed by atoms with Crippen molar-refractivity contribution in [2.24, 2.45) is 5.92 Å². The molecule has 2 aromatic carbocycles. The van der Waals surface area contributed by atoms with Crippen molar-refractivity contribution in [1.82, 2.24) is 9.88 Å². The molecule has 0 spiro atoms. The standard InChI is InChI=1S/C23H23N3O2S/c1-16-15-29-22(24-16)17-9-11-18(12-10-17)23(28)26-13-5-6-19(14-26)21(27)25-20-7-3-2-4-8-20/h2-4,7-12,15,19H,5-6,13-14H2,1H3,(H,25,27). The van der Waals surface area contributed by atoms with E-state index in [9.17, 15) is 9.59 Å². The predicted molar refractivity (Wildman–Crippen MR) is 116 cm³/mol. The number of para-hydroxylation sites is 1. The molecule has 6 heteroatoms. The molecule has 4 rings (SSSR count). The van der Waals surface area contributed by atoms with Crippen LogP contribution in [-0.4, -0.2) is 34.8 Å². The fraction of sp³-hybridized carbons (Fsp3) is 0.261. The first-order chi connectivity index (χ1) is 14.1. The molecular weight excluding hydrogens is 382 g/mol. The minimum Gasteiger partial charge on any atom is -0.338 e. The SMILES string of the molecule is Cc1csc(-c2ccc(C(=O)N3CCCC(C(=O)Nc4ccccc4)C3)cc2)n1. The summed E-state index contributed by atoms with van der Waals surface area (Å²) < 4.78 is 0. The number of aryl methyl sites for hydroxylation is 1. The van der Waals surface area contributed by atoms with Gasteiger partial charge in [0, 0.05) is 41.0 Å². The van der Waals surface area contributed by atoms with Crippen LogP contribution in [0.25, 0.3) is 10.6 Å². The van der Waals surface area contributed by atoms with Gasteiger partial charge in [-0.05, 0) is 44.0 Å². The molecule has 1 atom stereocenters. The number of hydrogen-bond acceptors (Lipinski definition) is 4. The second-order valence-corrected chi connectivity index (χ2v) is 8.18. The molecule has 1 N–H and O–H groups in total. The van der Waals surface area contributed by atoms with E-state index in [4.69, 9.17) is 0 Å². The molecule has 2 amide bonds. The predicted octanol–water partition coefficient (Wildman–Crippen LogP) is 4.61. The normalized spacial score (nSPS) is 16.4. The quantitative estimate of drug-likeness (QED) is 0.689. The first kappa shape index (κ1) is 19.3. The Hall–Kier alpha value is -2.99. The topological polar surface area (TPSA) is 62.3 Å². The highest BCUT2D eigenvalue weighted by molar-refractivity contribution is 7.13. The summed E-state index contributed by atoms with van der Waals surface area (Å²) in [5.74, 6) is -0.238. The van der Waals surface area contributed by atoms with Gasteiger partial charge in [0.25, 0.3) is 5.91 Å². The van der Waals surface area contributed by atoms with Crippen LogP contribution < -0.4 is 5.32 Å². The number of hydrogen-bond donors (Lipinski definition) is 1. The van der Waals surface area contributed by atoms with Crippen LogP contribution in [0.15, 0.2) is 60.0 Å². The van der Waals surface area contributed by atoms with E-state index in [0.29, 0.717) is 18.7 Å². The van der Waals surface area contributed by atoms with Crippen molar-refractivity contribution < 1.29 is 9.59 Å². The number of rotatable bonds is 4. The molecule has 5 nitrogen and oxygen atoms in total. The van der Waals surface area contributed by atoms with E-state index in [1.807, 2.05) is 66.9 Å². The van der Waals surface area contributed by atoms with Gasteiger partial charge in [0.1, 0.15) is 5.01 Å². The first-order valence-corrected chi connectivity index (χ1v) is 10.7. The van der Waals surface area contributed by atoms with E-state index in [1.165, 1.54) is 0 Å². The zero-order valence-electron chi connectivity index (χ0n) is 16.3. The number of amides is 2. The summed E-state index contributed by atoms with van der Waals surface area (Å²) in [6, 6.07) is 17.0. The Kier molecular flexibility index (Phi) is 5.71. The van der Waals surface area contributed by atoms with Gasteiger partial charge in [-0.3, -0.25) is 9.59 Å². The minimum atomic E-state index is -0.189. The van der Waals surface area contributed by atoms with E-state index in [1.54, 1.807) is 16.2 Å². The number of nitrogens with zero attached hydrogens (tertiary/aromatic N) is 2. The van der Waals surface area contributed by atoms with Gasteiger partial charge in [-0.15, -0.1) is 11.3 Å². The average Bonchev–Trinajstić information content (AvgIpc) is 3.20. The maximum absolute atomic E-state index is 13.0. The molecule has 1 aliphatic rings. The van der Waals surface area contributed by atoms with E-state index >= 15 is 0 Å². The van der Waals surface area contributed by atoms with Crippen LogP contribution in [0, 0.1) is 12.8 Å². The van der Waals surface area contributed by atoms with Crippen LogP contribution >= 0.6 is 11.3 Å². The fourth-order valence-electron chi connectivity index (χ4n) is 3.57. The lowest BCUT2D eigenvalue weighted by Crippen LogP contribution is -2.43. The third kappa shape index (κ3) is 4.54. The lowest BCUT2D eigenvalue weighted by Gasteiger charge is -2.32. The summed E-state index contributed by atoms with van der Waals surface area (Å²) in [4.78, 5) is 31.9. The molecule has 2 heterocycles. The Bertz CT molecular complexity index is 998. The number of carbonyl (C=O) groups is 2. The summed E-state index contributed by atoms with van der Waals surface area (Å²) in [7, 11) is 0. The van der Waals surface area contributed by atoms with Crippen molar-refractivity contribution in [3.8, 4) is 10.6 Å². The molecule has 3 aromatic rings. The van der Waals surface area contributed by atoms with Crippen LogP contribution in [0.4, 0.5) is 5.69 Å². The third-order valence-corrected chi connectivity index (χ3v) is 6.13. The smallest absolute Gasteiger partial charge is 0.253 e. The van der Waals surface area contributed by atoms with E-state index < -0.39 is 0 Å². The molecule has 1 aromatic heterocycles. The van der Waals surface area contributed by atoms with Crippen LogP contribution in [0.1, 0.15) is 28.9 Å². The van der Waals surface area contributed by atoms with Crippen LogP contribution in [0.3, 0.4) is 0 Å². The number of piperidine rings is 1. The second kappa shape index (κ2) is 8.57. The molecule has 1 saturated heterocycles. The number of nitrogens with one attached hydrogen (secondary N) is 1. The summed E-state index contributed by atoms with van der Waals surface area (Å²) in [6.45, 7) is 3.10. The average molecular weight is 406 g/mol. The van der Waals surface area contributed by atoms with Crippen molar-refractivity contribution in [3.63, 3.8) is 0 Å². The van der Waals surface area contributed by atoms with E-state index in [0.717, 1.165) is 34.8 Å². The Labute approximate surface area is 174 Å². The third-order valence-electron chi connectivity index (χ3n) is 5.12. The molecular formula is C23H23N3O2S. The molecule has 1 aliphatic heterocycles. The largest absolute Gasteiger partial charge is 0.338 e. The lowest BCUT2D eigenvalue weighted by molar-refractivity contribution is -0.121. The van der Waals surface area contributed by atoms with Crippen molar-refractivity contribution in [3.05, 3.63) is 71.2 Å². The van der Waals surface area contributed by atoms with Gasteiger partial charge in [0.15, 0.2) is 0 Å². The van der Waals surface area contributed by atoms with E-state index in [2.05, 4.69) is 10.3 Å². The summed E-state index contributed by atoms with van der Waals surface area (Å²) in [5, 5.41) is 5.93. The van der Waals surface area contributed by atoms with Crippen LogP contribution in [-0.2, 0) is 4.79 Å². The van der Waals surface area contributed by atoms with Crippen molar-refractivity contribution in [2.75, 3.05) is 18.4 Å².